The summed E-state index contributed by atoms with van der Waals surface area (Å²) in [7, 11) is -3.31. The Morgan fingerprint density at radius 1 is 0.957 bits per heavy atom. The van der Waals surface area contributed by atoms with E-state index in [4.69, 9.17) is 0 Å². The van der Waals surface area contributed by atoms with Crippen LogP contribution in [0, 0.1) is 13.8 Å². The lowest BCUT2D eigenvalue weighted by Crippen LogP contribution is -2.15. The number of benzene rings is 2. The lowest BCUT2D eigenvalue weighted by atomic mass is 10.1. The molecule has 2 rings (SSSR count). The molecule has 0 atom stereocenters. The Hall–Kier alpha value is -2.34. The highest BCUT2D eigenvalue weighted by Gasteiger charge is 2.09. The zero-order valence-corrected chi connectivity index (χ0v) is 14.2. The van der Waals surface area contributed by atoms with Gasteiger partial charge in [-0.05, 0) is 68.3 Å². The van der Waals surface area contributed by atoms with Gasteiger partial charge in [0.2, 0.25) is 10.0 Å². The standard InChI is InChI=1S/C17H20N2O3S/c1-4-23(21,22)19-15-7-5-14(6-8-15)17(20)18-16-10-12(2)9-13(3)11-16/h5-11,19H,4H2,1-3H3,(H,18,20). The third-order valence-corrected chi connectivity index (χ3v) is 4.59. The Bertz CT molecular complexity index is 792. The molecule has 0 aliphatic carbocycles. The van der Waals surface area contributed by atoms with Crippen LogP contribution in [0.4, 0.5) is 11.4 Å². The van der Waals surface area contributed by atoms with Crippen molar-refractivity contribution in [2.75, 3.05) is 15.8 Å². The molecule has 0 spiro atoms. The van der Waals surface area contributed by atoms with Crippen molar-refractivity contribution in [3.05, 3.63) is 59.2 Å². The van der Waals surface area contributed by atoms with Crippen molar-refractivity contribution in [2.24, 2.45) is 0 Å². The number of aryl methyl sites for hydroxylation is 2. The second-order valence-corrected chi connectivity index (χ2v) is 7.42. The number of carbonyl (C=O) groups excluding carboxylic acids is 1. The van der Waals surface area contributed by atoms with E-state index < -0.39 is 10.0 Å². The lowest BCUT2D eigenvalue weighted by Gasteiger charge is -2.09. The Labute approximate surface area is 136 Å². The van der Waals surface area contributed by atoms with E-state index in [1.807, 2.05) is 32.0 Å². The Balaban J connectivity index is 2.11. The minimum absolute atomic E-state index is 0.00193. The second kappa shape index (κ2) is 6.83. The van der Waals surface area contributed by atoms with Crippen molar-refractivity contribution in [3.8, 4) is 0 Å². The molecule has 0 heterocycles. The number of carbonyl (C=O) groups is 1. The summed E-state index contributed by atoms with van der Waals surface area (Å²) in [5, 5.41) is 2.84. The first kappa shape index (κ1) is 17.0. The fourth-order valence-electron chi connectivity index (χ4n) is 2.19. The van der Waals surface area contributed by atoms with Crippen LogP contribution in [0.3, 0.4) is 0 Å². The summed E-state index contributed by atoms with van der Waals surface area (Å²) in [5.74, 6) is -0.234. The average Bonchev–Trinajstić information content (AvgIpc) is 2.46. The minimum Gasteiger partial charge on any atom is -0.322 e. The van der Waals surface area contributed by atoms with E-state index in [0.29, 0.717) is 11.3 Å². The SMILES string of the molecule is CCS(=O)(=O)Nc1ccc(C(=O)Nc2cc(C)cc(C)c2)cc1. The molecule has 5 nitrogen and oxygen atoms in total. The van der Waals surface area contributed by atoms with Crippen LogP contribution >= 0.6 is 0 Å². The predicted octanol–water partition coefficient (Wildman–Crippen LogP) is 3.32. The molecule has 0 aliphatic rings. The Kier molecular flexibility index (Phi) is 5.05. The molecule has 0 aromatic heterocycles. The molecule has 0 unspecified atom stereocenters. The monoisotopic (exact) mass is 332 g/mol. The van der Waals surface area contributed by atoms with Crippen molar-refractivity contribution in [3.63, 3.8) is 0 Å². The average molecular weight is 332 g/mol. The van der Waals surface area contributed by atoms with E-state index in [-0.39, 0.29) is 11.7 Å². The quantitative estimate of drug-likeness (QED) is 0.882. The van der Waals surface area contributed by atoms with Gasteiger partial charge in [-0.15, -0.1) is 0 Å². The Morgan fingerprint density at radius 3 is 2.04 bits per heavy atom. The first-order valence-electron chi connectivity index (χ1n) is 7.29. The molecule has 2 aromatic carbocycles. The molecule has 0 fully saturated rings. The topological polar surface area (TPSA) is 75.3 Å². The molecule has 23 heavy (non-hydrogen) atoms. The van der Waals surface area contributed by atoms with E-state index in [1.165, 1.54) is 0 Å². The lowest BCUT2D eigenvalue weighted by molar-refractivity contribution is 0.102. The van der Waals surface area contributed by atoms with Crippen LogP contribution < -0.4 is 10.0 Å². The second-order valence-electron chi connectivity index (χ2n) is 5.41. The molecule has 2 aromatic rings. The number of hydrogen-bond acceptors (Lipinski definition) is 3. The van der Waals surface area contributed by atoms with E-state index >= 15 is 0 Å². The summed E-state index contributed by atoms with van der Waals surface area (Å²) in [6.45, 7) is 5.50. The molecular formula is C17H20N2O3S. The third kappa shape index (κ3) is 4.82. The van der Waals surface area contributed by atoms with Gasteiger partial charge in [0.15, 0.2) is 0 Å². The summed E-state index contributed by atoms with van der Waals surface area (Å²) in [6.07, 6.45) is 0. The highest BCUT2D eigenvalue weighted by atomic mass is 32.2. The molecule has 1 amide bonds. The van der Waals surface area contributed by atoms with Crippen molar-refractivity contribution < 1.29 is 13.2 Å². The van der Waals surface area contributed by atoms with Crippen molar-refractivity contribution in [1.82, 2.24) is 0 Å². The number of hydrogen-bond donors (Lipinski definition) is 2. The van der Waals surface area contributed by atoms with E-state index in [9.17, 15) is 13.2 Å². The van der Waals surface area contributed by atoms with Crippen LogP contribution in [0.25, 0.3) is 0 Å². The van der Waals surface area contributed by atoms with Gasteiger partial charge in [-0.2, -0.15) is 0 Å². The summed E-state index contributed by atoms with van der Waals surface area (Å²) < 4.78 is 25.4. The molecule has 0 bridgehead atoms. The predicted molar refractivity (Wildman–Crippen MR) is 93.4 cm³/mol. The maximum Gasteiger partial charge on any atom is 0.255 e. The molecule has 0 aliphatic heterocycles. The largest absolute Gasteiger partial charge is 0.322 e. The third-order valence-electron chi connectivity index (χ3n) is 3.28. The van der Waals surface area contributed by atoms with Crippen molar-refractivity contribution in [2.45, 2.75) is 20.8 Å². The van der Waals surface area contributed by atoms with Crippen molar-refractivity contribution in [1.29, 1.82) is 0 Å². The van der Waals surface area contributed by atoms with Crippen LogP contribution in [0.15, 0.2) is 42.5 Å². The van der Waals surface area contributed by atoms with Gasteiger partial charge in [-0.25, -0.2) is 8.42 Å². The van der Waals surface area contributed by atoms with Crippen LogP contribution in [0.5, 0.6) is 0 Å². The number of nitrogens with one attached hydrogen (secondary N) is 2. The molecule has 2 N–H and O–H groups in total. The fourth-order valence-corrected chi connectivity index (χ4v) is 2.83. The smallest absolute Gasteiger partial charge is 0.255 e. The minimum atomic E-state index is -3.31. The molecule has 0 saturated carbocycles. The molecule has 6 heteroatoms. The first-order chi connectivity index (χ1) is 10.8. The Morgan fingerprint density at radius 2 is 1.52 bits per heavy atom. The van der Waals surface area contributed by atoms with Crippen LogP contribution in [0.2, 0.25) is 0 Å². The normalized spacial score (nSPS) is 11.1. The van der Waals surface area contributed by atoms with Gasteiger partial charge < -0.3 is 5.32 Å². The van der Waals surface area contributed by atoms with E-state index in [0.717, 1.165) is 16.8 Å². The molecular weight excluding hydrogens is 312 g/mol. The van der Waals surface area contributed by atoms with Crippen molar-refractivity contribution >= 4 is 27.3 Å². The van der Waals surface area contributed by atoms with Gasteiger partial charge in [-0.3, -0.25) is 9.52 Å². The van der Waals surface area contributed by atoms with Gasteiger partial charge in [0.25, 0.3) is 5.91 Å². The van der Waals surface area contributed by atoms with Gasteiger partial charge in [0, 0.05) is 16.9 Å². The van der Waals surface area contributed by atoms with E-state index in [1.54, 1.807) is 31.2 Å². The maximum absolute atomic E-state index is 12.2. The zero-order chi connectivity index (χ0) is 17.0. The number of rotatable bonds is 5. The number of anilines is 2. The van der Waals surface area contributed by atoms with Gasteiger partial charge in [0.05, 0.1) is 5.75 Å². The number of amides is 1. The molecule has 0 radical (unpaired) electrons. The maximum atomic E-state index is 12.2. The summed E-state index contributed by atoms with van der Waals surface area (Å²) in [4.78, 5) is 12.2. The highest BCUT2D eigenvalue weighted by molar-refractivity contribution is 7.92. The van der Waals surface area contributed by atoms with Crippen LogP contribution in [-0.4, -0.2) is 20.1 Å². The first-order valence-corrected chi connectivity index (χ1v) is 8.94. The van der Waals surface area contributed by atoms with Gasteiger partial charge >= 0.3 is 0 Å². The highest BCUT2D eigenvalue weighted by Crippen LogP contribution is 2.16. The summed E-state index contributed by atoms with van der Waals surface area (Å²) in [6, 6.07) is 12.2. The molecule has 0 saturated heterocycles. The van der Waals surface area contributed by atoms with E-state index in [2.05, 4.69) is 10.0 Å². The molecule has 122 valence electrons. The fraction of sp³-hybridized carbons (Fsp3) is 0.235. The zero-order valence-electron chi connectivity index (χ0n) is 13.4. The summed E-state index contributed by atoms with van der Waals surface area (Å²) in [5.41, 5.74) is 3.79. The van der Waals surface area contributed by atoms with Crippen LogP contribution in [-0.2, 0) is 10.0 Å². The van der Waals surface area contributed by atoms with Gasteiger partial charge in [-0.1, -0.05) is 6.07 Å². The van der Waals surface area contributed by atoms with Gasteiger partial charge in [0.1, 0.15) is 0 Å². The summed E-state index contributed by atoms with van der Waals surface area (Å²) >= 11 is 0. The number of sulfonamides is 1. The van der Waals surface area contributed by atoms with Crippen LogP contribution in [0.1, 0.15) is 28.4 Å².